The van der Waals surface area contributed by atoms with Crippen LogP contribution in [0.15, 0.2) is 109 Å². The van der Waals surface area contributed by atoms with Gasteiger partial charge in [-0.15, -0.1) is 0 Å². The van der Waals surface area contributed by atoms with E-state index in [2.05, 4.69) is 79.5 Å². The number of allylic oxidation sites excluding steroid dienone is 3. The molecule has 0 aromatic heterocycles. The van der Waals surface area contributed by atoms with Crippen molar-refractivity contribution in [1.29, 1.82) is 0 Å². The number of carbonyl (C=O) groups is 1. The lowest BCUT2D eigenvalue weighted by atomic mass is 9.92. The van der Waals surface area contributed by atoms with E-state index in [1.165, 1.54) is 45.2 Å². The van der Waals surface area contributed by atoms with E-state index in [-0.39, 0.29) is 18.2 Å². The fraction of sp³-hybridized carbons (Fsp3) is 0.308. The highest BCUT2D eigenvalue weighted by Gasteiger charge is 2.32. The van der Waals surface area contributed by atoms with Crippen LogP contribution in [0.25, 0.3) is 10.8 Å². The number of carbonyl (C=O) groups excluding carboxylic acids is 1. The predicted octanol–water partition coefficient (Wildman–Crippen LogP) is 8.81. The van der Waals surface area contributed by atoms with Crippen LogP contribution in [0.1, 0.15) is 54.5 Å². The molecule has 5 nitrogen and oxygen atoms in total. The summed E-state index contributed by atoms with van der Waals surface area (Å²) in [5.41, 5.74) is 9.80. The van der Waals surface area contributed by atoms with Crippen LogP contribution >= 0.6 is 0 Å². The van der Waals surface area contributed by atoms with Crippen molar-refractivity contribution in [2.75, 3.05) is 25.6 Å². The number of nitrogens with zero attached hydrogens (tertiary/aromatic N) is 1. The highest BCUT2D eigenvalue weighted by atomic mass is 19.4. The third-order valence-corrected chi connectivity index (χ3v) is 8.31. The maximum atomic E-state index is 12.7. The summed E-state index contributed by atoms with van der Waals surface area (Å²) in [7, 11) is 3.28. The fourth-order valence-electron chi connectivity index (χ4n) is 5.41. The standard InChI is InChI=1S/C23H25NO.C16H19F3N2O/c1-16-6-5-7-18(14-16)23(24-15-17-10-11-17)21-12-13-22(25-2)20-9-4-3-8-19(20)21;1-4-15(22)14(8-11(2)16(17,18)19)21(3)13-7-5-6-12(9-13)10-20/h3-9,12-14,17,23-24H,10-11,15H2,1-2H3;5-9H,2,4,10,20H2,1,3H3/b;14-8-. The van der Waals surface area contributed by atoms with E-state index < -0.39 is 17.5 Å². The van der Waals surface area contributed by atoms with Crippen molar-refractivity contribution in [2.24, 2.45) is 11.7 Å². The Bertz CT molecular complexity index is 1730. The van der Waals surface area contributed by atoms with Crippen LogP contribution in [0.5, 0.6) is 5.75 Å². The Hall–Kier alpha value is -4.40. The smallest absolute Gasteiger partial charge is 0.415 e. The third-order valence-electron chi connectivity index (χ3n) is 8.31. The van der Waals surface area contributed by atoms with E-state index in [0.717, 1.165) is 29.9 Å². The van der Waals surface area contributed by atoms with Crippen LogP contribution in [0.2, 0.25) is 0 Å². The second-order valence-electron chi connectivity index (χ2n) is 11.9. The second kappa shape index (κ2) is 15.9. The number of anilines is 1. The van der Waals surface area contributed by atoms with Gasteiger partial charge in [-0.05, 0) is 78.6 Å². The molecule has 0 spiro atoms. The summed E-state index contributed by atoms with van der Waals surface area (Å²) in [5, 5.41) is 6.27. The van der Waals surface area contributed by atoms with Crippen molar-refractivity contribution in [3.63, 3.8) is 0 Å². The molecule has 8 heteroatoms. The van der Waals surface area contributed by atoms with Gasteiger partial charge in [-0.2, -0.15) is 13.2 Å². The summed E-state index contributed by atoms with van der Waals surface area (Å²) in [6, 6.07) is 28.9. The summed E-state index contributed by atoms with van der Waals surface area (Å²) < 4.78 is 43.6. The summed E-state index contributed by atoms with van der Waals surface area (Å²) in [4.78, 5) is 13.4. The van der Waals surface area contributed by atoms with E-state index in [0.29, 0.717) is 12.2 Å². The van der Waals surface area contributed by atoms with Gasteiger partial charge >= 0.3 is 6.18 Å². The number of benzene rings is 4. The minimum atomic E-state index is -4.57. The van der Waals surface area contributed by atoms with Gasteiger partial charge < -0.3 is 20.7 Å². The quantitative estimate of drug-likeness (QED) is 0.119. The Morgan fingerprint density at radius 2 is 1.74 bits per heavy atom. The minimum Gasteiger partial charge on any atom is -0.496 e. The summed E-state index contributed by atoms with van der Waals surface area (Å²) in [6.45, 7) is 8.13. The molecule has 1 aliphatic rings. The Morgan fingerprint density at radius 3 is 2.36 bits per heavy atom. The number of nitrogens with one attached hydrogen (secondary N) is 1. The molecule has 1 aliphatic carbocycles. The second-order valence-corrected chi connectivity index (χ2v) is 11.9. The van der Waals surface area contributed by atoms with E-state index in [1.807, 2.05) is 0 Å². The molecule has 1 saturated carbocycles. The Balaban J connectivity index is 0.000000215. The minimum absolute atomic E-state index is 0.0565. The number of alkyl halides is 3. The first-order chi connectivity index (χ1) is 22.5. The average molecular weight is 644 g/mol. The molecule has 47 heavy (non-hydrogen) atoms. The number of Topliss-reactive ketones (excluding diaryl/α,β-unsaturated/α-hetero) is 1. The van der Waals surface area contributed by atoms with Gasteiger partial charge in [0, 0.05) is 31.1 Å². The van der Waals surface area contributed by atoms with Crippen molar-refractivity contribution < 1.29 is 22.7 Å². The number of fused-ring (bicyclic) bond motifs is 1. The van der Waals surface area contributed by atoms with Crippen LogP contribution in [-0.4, -0.2) is 32.7 Å². The lowest BCUT2D eigenvalue weighted by molar-refractivity contribution is -0.115. The number of aryl methyl sites for hydroxylation is 1. The van der Waals surface area contributed by atoms with Gasteiger partial charge in [-0.1, -0.05) is 85.8 Å². The number of hydrogen-bond donors (Lipinski definition) is 2. The number of ketones is 1. The number of halogens is 3. The molecule has 4 aromatic rings. The third kappa shape index (κ3) is 9.33. The SMILES string of the molecule is C=C(/C=C(/C(=O)CC)N(C)c1cccc(CN)c1)C(F)(F)F.COc1ccc(C(NCC2CC2)c2cccc(C)c2)c2ccccc12. The monoisotopic (exact) mass is 643 g/mol. The molecule has 1 atom stereocenters. The Morgan fingerprint density at radius 1 is 1.04 bits per heavy atom. The number of rotatable bonds is 12. The van der Waals surface area contributed by atoms with Gasteiger partial charge in [0.2, 0.25) is 0 Å². The number of ether oxygens (including phenoxy) is 1. The van der Waals surface area contributed by atoms with Crippen LogP contribution < -0.4 is 20.7 Å². The molecule has 248 valence electrons. The molecule has 0 saturated heterocycles. The lowest BCUT2D eigenvalue weighted by Gasteiger charge is -2.23. The van der Waals surface area contributed by atoms with Crippen molar-refractivity contribution in [1.82, 2.24) is 5.32 Å². The first-order valence-electron chi connectivity index (χ1n) is 15.9. The van der Waals surface area contributed by atoms with Crippen LogP contribution in [0, 0.1) is 12.8 Å². The molecule has 0 heterocycles. The predicted molar refractivity (Wildman–Crippen MR) is 186 cm³/mol. The van der Waals surface area contributed by atoms with Gasteiger partial charge in [0.15, 0.2) is 5.78 Å². The topological polar surface area (TPSA) is 67.6 Å². The molecule has 0 bridgehead atoms. The van der Waals surface area contributed by atoms with Crippen LogP contribution in [0.4, 0.5) is 18.9 Å². The molecular weight excluding hydrogens is 599 g/mol. The first-order valence-corrected chi connectivity index (χ1v) is 15.9. The molecule has 4 aromatic carbocycles. The number of methoxy groups -OCH3 is 1. The van der Waals surface area contributed by atoms with E-state index in [1.54, 1.807) is 45.3 Å². The molecule has 0 amide bonds. The zero-order valence-corrected chi connectivity index (χ0v) is 27.5. The van der Waals surface area contributed by atoms with Gasteiger partial charge in [-0.3, -0.25) is 4.79 Å². The fourth-order valence-corrected chi connectivity index (χ4v) is 5.41. The Labute approximate surface area is 275 Å². The summed E-state index contributed by atoms with van der Waals surface area (Å²) in [6.07, 6.45) is -0.980. The van der Waals surface area contributed by atoms with Gasteiger partial charge in [-0.25, -0.2) is 0 Å². The van der Waals surface area contributed by atoms with E-state index in [9.17, 15) is 18.0 Å². The van der Waals surface area contributed by atoms with E-state index in [4.69, 9.17) is 10.5 Å². The van der Waals surface area contributed by atoms with Gasteiger partial charge in [0.25, 0.3) is 0 Å². The average Bonchev–Trinajstić information content (AvgIpc) is 3.91. The molecule has 0 aliphatic heterocycles. The largest absolute Gasteiger partial charge is 0.496 e. The molecular formula is C39H44F3N3O2. The Kier molecular flexibility index (Phi) is 12.0. The van der Waals surface area contributed by atoms with Gasteiger partial charge in [0.05, 0.1) is 24.4 Å². The summed E-state index contributed by atoms with van der Waals surface area (Å²) >= 11 is 0. The molecule has 1 unspecified atom stereocenters. The molecule has 3 N–H and O–H groups in total. The highest BCUT2D eigenvalue weighted by Crippen LogP contribution is 2.36. The van der Waals surface area contributed by atoms with E-state index >= 15 is 0 Å². The first kappa shape index (κ1) is 35.5. The number of nitrogens with two attached hydrogens (primary N) is 1. The summed E-state index contributed by atoms with van der Waals surface area (Å²) in [5.74, 6) is 1.38. The van der Waals surface area contributed by atoms with Crippen molar-refractivity contribution >= 4 is 22.2 Å². The molecule has 0 radical (unpaired) electrons. The van der Waals surface area contributed by atoms with Crippen molar-refractivity contribution in [3.05, 3.63) is 131 Å². The maximum absolute atomic E-state index is 12.7. The number of likely N-dealkylation sites (N-methyl/N-ethyl adjacent to an activating group) is 1. The lowest BCUT2D eigenvalue weighted by Crippen LogP contribution is -2.25. The van der Waals surface area contributed by atoms with Gasteiger partial charge in [0.1, 0.15) is 5.75 Å². The zero-order valence-electron chi connectivity index (χ0n) is 27.5. The molecule has 1 fully saturated rings. The molecule has 5 rings (SSSR count). The van der Waals surface area contributed by atoms with Crippen molar-refractivity contribution in [2.45, 2.75) is 51.9 Å². The van der Waals surface area contributed by atoms with Crippen molar-refractivity contribution in [3.8, 4) is 5.75 Å². The number of hydrogen-bond acceptors (Lipinski definition) is 5. The zero-order chi connectivity index (χ0) is 34.1. The van der Waals surface area contributed by atoms with Crippen LogP contribution in [-0.2, 0) is 11.3 Å². The normalized spacial score (nSPS) is 13.8. The highest BCUT2D eigenvalue weighted by molar-refractivity contribution is 5.99. The van der Waals surface area contributed by atoms with Crippen LogP contribution in [0.3, 0.4) is 0 Å². The maximum Gasteiger partial charge on any atom is 0.415 e.